The van der Waals surface area contributed by atoms with Gasteiger partial charge in [0.15, 0.2) is 11.7 Å². The molecule has 154 valence electrons. The van der Waals surface area contributed by atoms with Crippen LogP contribution in [-0.4, -0.2) is 29.5 Å². The van der Waals surface area contributed by atoms with E-state index in [4.69, 9.17) is 9.40 Å². The molecule has 0 N–H and O–H groups in total. The topological polar surface area (TPSA) is 96.3 Å². The summed E-state index contributed by atoms with van der Waals surface area (Å²) in [6.07, 6.45) is 0. The molecule has 0 bridgehead atoms. The maximum atomic E-state index is 13.1. The Balaban J connectivity index is 2.34. The Kier molecular flexibility index (Phi) is 5.44. The second-order valence-electron chi connectivity index (χ2n) is 8.18. The molecular formula is C21H26N4O3S. The lowest BCUT2D eigenvalue weighted by atomic mass is 10.0. The summed E-state index contributed by atoms with van der Waals surface area (Å²) in [7, 11) is 1.67. The van der Waals surface area contributed by atoms with Gasteiger partial charge in [0.1, 0.15) is 27.6 Å². The van der Waals surface area contributed by atoms with Crippen LogP contribution in [0.4, 0.5) is 0 Å². The molecule has 2 aromatic heterocycles. The average Bonchev–Trinajstić information content (AvgIpc) is 2.95. The molecule has 0 saturated carbocycles. The van der Waals surface area contributed by atoms with Gasteiger partial charge in [0.05, 0.1) is 16.6 Å². The number of oxazole rings is 1. The summed E-state index contributed by atoms with van der Waals surface area (Å²) in [6.45, 7) is 12.9. The number of aryl methyl sites for hydroxylation is 3. The van der Waals surface area contributed by atoms with Gasteiger partial charge in [0.2, 0.25) is 0 Å². The molecule has 3 rings (SSSR count). The molecule has 29 heavy (non-hydrogen) atoms. The Bertz CT molecular complexity index is 1190. The molecule has 0 fully saturated rings. The predicted molar refractivity (Wildman–Crippen MR) is 117 cm³/mol. The van der Waals surface area contributed by atoms with E-state index in [-0.39, 0.29) is 5.56 Å². The summed E-state index contributed by atoms with van der Waals surface area (Å²) in [5.41, 5.74) is 3.04. The lowest BCUT2D eigenvalue weighted by molar-refractivity contribution is 0.494. The summed E-state index contributed by atoms with van der Waals surface area (Å²) < 4.78 is 23.5. The quantitative estimate of drug-likeness (QED) is 0.480. The monoisotopic (exact) mass is 414 g/mol. The second-order valence-corrected chi connectivity index (χ2v) is 10.1. The highest BCUT2D eigenvalue weighted by Gasteiger charge is 2.27. The normalized spacial score (nSPS) is 13.9. The van der Waals surface area contributed by atoms with Gasteiger partial charge in [-0.05, 0) is 59.2 Å². The highest BCUT2D eigenvalue weighted by atomic mass is 32.2. The number of hydrogen-bond donors (Lipinski definition) is 0. The Labute approximate surface area is 173 Å². The minimum absolute atomic E-state index is 0.181. The van der Waals surface area contributed by atoms with Crippen molar-refractivity contribution >= 4 is 28.0 Å². The van der Waals surface area contributed by atoms with Crippen LogP contribution in [0.3, 0.4) is 0 Å². The zero-order valence-electron chi connectivity index (χ0n) is 18.1. The van der Waals surface area contributed by atoms with Crippen LogP contribution in [-0.2, 0) is 18.4 Å². The van der Waals surface area contributed by atoms with Gasteiger partial charge in [-0.2, -0.15) is 0 Å². The van der Waals surface area contributed by atoms with Crippen LogP contribution in [0.2, 0.25) is 0 Å². The summed E-state index contributed by atoms with van der Waals surface area (Å²) in [4.78, 5) is 22.3. The van der Waals surface area contributed by atoms with Crippen LogP contribution >= 0.6 is 0 Å². The maximum absolute atomic E-state index is 13.1. The van der Waals surface area contributed by atoms with Crippen LogP contribution in [0.5, 0.6) is 0 Å². The van der Waals surface area contributed by atoms with Crippen LogP contribution < -0.4 is 5.56 Å². The predicted octanol–water partition coefficient (Wildman–Crippen LogP) is 3.78. The Morgan fingerprint density at radius 1 is 1.21 bits per heavy atom. The molecule has 2 heterocycles. The third-order valence-electron chi connectivity index (χ3n) is 4.57. The molecule has 0 aliphatic heterocycles. The van der Waals surface area contributed by atoms with Crippen molar-refractivity contribution in [1.29, 1.82) is 0 Å². The average molecular weight is 415 g/mol. The molecule has 0 amide bonds. The zero-order chi connectivity index (χ0) is 21.7. The van der Waals surface area contributed by atoms with Gasteiger partial charge in [-0.1, -0.05) is 4.40 Å². The van der Waals surface area contributed by atoms with E-state index in [0.717, 1.165) is 5.56 Å². The summed E-state index contributed by atoms with van der Waals surface area (Å²) in [5, 5.41) is 0.486. The minimum Gasteiger partial charge on any atom is -0.591 e. The van der Waals surface area contributed by atoms with Crippen molar-refractivity contribution in [3.63, 3.8) is 0 Å². The SMILES string of the molecule is CC(=N[S+]([O-])C(C)(C)C)c1cc(C)cc2c(=O)n(C)c(-c3nc(C)oc3C)nc12. The smallest absolute Gasteiger partial charge is 0.261 e. The van der Waals surface area contributed by atoms with E-state index in [1.54, 1.807) is 27.8 Å². The van der Waals surface area contributed by atoms with Crippen molar-refractivity contribution in [1.82, 2.24) is 14.5 Å². The van der Waals surface area contributed by atoms with Gasteiger partial charge < -0.3 is 8.97 Å². The van der Waals surface area contributed by atoms with Gasteiger partial charge >= 0.3 is 0 Å². The van der Waals surface area contributed by atoms with Crippen LogP contribution in [0, 0.1) is 20.8 Å². The number of nitrogens with zero attached hydrogens (tertiary/aromatic N) is 4. The summed E-state index contributed by atoms with van der Waals surface area (Å²) in [5.74, 6) is 1.53. The third-order valence-corrected chi connectivity index (χ3v) is 6.06. The van der Waals surface area contributed by atoms with E-state index in [1.807, 2.05) is 39.8 Å². The van der Waals surface area contributed by atoms with E-state index in [1.165, 1.54) is 4.57 Å². The van der Waals surface area contributed by atoms with Crippen molar-refractivity contribution in [2.45, 2.75) is 53.2 Å². The van der Waals surface area contributed by atoms with E-state index in [0.29, 0.717) is 45.3 Å². The van der Waals surface area contributed by atoms with Crippen molar-refractivity contribution in [2.24, 2.45) is 11.4 Å². The van der Waals surface area contributed by atoms with Crippen LogP contribution in [0.15, 0.2) is 25.7 Å². The first-order valence-corrected chi connectivity index (χ1v) is 10.4. The lowest BCUT2D eigenvalue weighted by Crippen LogP contribution is -2.27. The second kappa shape index (κ2) is 7.42. The molecule has 0 saturated heterocycles. The standard InChI is InChI=1S/C21H26N4O3S/c1-11-9-15(12(2)24-29(27)21(5,6)7)18-16(10-11)20(26)25(8)19(23-18)17-13(3)28-14(4)22-17/h9-10H,1-8H3. The van der Waals surface area contributed by atoms with Gasteiger partial charge in [-0.25, -0.2) is 9.97 Å². The van der Waals surface area contributed by atoms with Crippen molar-refractivity contribution in [3.8, 4) is 11.5 Å². The third kappa shape index (κ3) is 4.00. The summed E-state index contributed by atoms with van der Waals surface area (Å²) in [6, 6.07) is 3.73. The Hall–Kier alpha value is -2.45. The fourth-order valence-electron chi connectivity index (χ4n) is 3.05. The molecule has 1 atom stereocenters. The van der Waals surface area contributed by atoms with E-state index in [9.17, 15) is 9.35 Å². The van der Waals surface area contributed by atoms with Gasteiger partial charge in [0.25, 0.3) is 5.56 Å². The number of benzene rings is 1. The molecule has 8 heteroatoms. The van der Waals surface area contributed by atoms with Gasteiger partial charge in [0, 0.05) is 19.5 Å². The minimum atomic E-state index is -1.42. The first kappa shape index (κ1) is 21.3. The largest absolute Gasteiger partial charge is 0.591 e. The molecule has 0 aliphatic rings. The highest BCUT2D eigenvalue weighted by molar-refractivity contribution is 7.91. The molecule has 7 nitrogen and oxygen atoms in total. The first-order valence-electron chi connectivity index (χ1n) is 9.33. The molecule has 1 aromatic carbocycles. The molecule has 3 aromatic rings. The Morgan fingerprint density at radius 3 is 2.41 bits per heavy atom. The van der Waals surface area contributed by atoms with Crippen LogP contribution in [0.25, 0.3) is 22.4 Å². The Morgan fingerprint density at radius 2 is 1.86 bits per heavy atom. The zero-order valence-corrected chi connectivity index (χ0v) is 18.9. The molecular weight excluding hydrogens is 388 g/mol. The fraction of sp³-hybridized carbons (Fsp3) is 0.429. The van der Waals surface area contributed by atoms with E-state index in [2.05, 4.69) is 9.38 Å². The van der Waals surface area contributed by atoms with Gasteiger partial charge in [-0.3, -0.25) is 9.36 Å². The van der Waals surface area contributed by atoms with Crippen LogP contribution in [0.1, 0.15) is 50.5 Å². The molecule has 1 unspecified atom stereocenters. The fourth-order valence-corrected chi connectivity index (χ4v) is 3.68. The number of rotatable bonds is 3. The van der Waals surface area contributed by atoms with E-state index >= 15 is 0 Å². The molecule has 0 radical (unpaired) electrons. The molecule has 0 aliphatic carbocycles. The first-order chi connectivity index (χ1) is 13.4. The highest BCUT2D eigenvalue weighted by Crippen LogP contribution is 2.26. The maximum Gasteiger partial charge on any atom is 0.261 e. The number of fused-ring (bicyclic) bond motifs is 1. The number of aromatic nitrogens is 3. The van der Waals surface area contributed by atoms with Crippen molar-refractivity contribution in [2.75, 3.05) is 0 Å². The molecule has 0 spiro atoms. The number of hydrogen-bond acceptors (Lipinski definition) is 6. The van der Waals surface area contributed by atoms with Crippen molar-refractivity contribution in [3.05, 3.63) is 45.3 Å². The summed E-state index contributed by atoms with van der Waals surface area (Å²) >= 11 is -1.42. The van der Waals surface area contributed by atoms with Crippen molar-refractivity contribution < 1.29 is 8.97 Å². The lowest BCUT2D eigenvalue weighted by Gasteiger charge is -2.19. The van der Waals surface area contributed by atoms with Gasteiger partial charge in [-0.15, -0.1) is 0 Å². The van der Waals surface area contributed by atoms with E-state index < -0.39 is 16.1 Å².